The number of ether oxygens (including phenoxy) is 3. The first-order valence-electron chi connectivity index (χ1n) is 10.4. The smallest absolute Gasteiger partial charge is 0.308 e. The maximum atomic E-state index is 11.5. The number of carbonyl (C=O) groups is 1. The van der Waals surface area contributed by atoms with Crippen molar-refractivity contribution in [2.45, 2.75) is 57.7 Å². The zero-order valence-corrected chi connectivity index (χ0v) is 19.3. The van der Waals surface area contributed by atoms with Crippen LogP contribution < -0.4 is 24.8 Å². The van der Waals surface area contributed by atoms with E-state index >= 15 is 0 Å². The van der Waals surface area contributed by atoms with Crippen molar-refractivity contribution in [3.8, 4) is 17.2 Å². The minimum Gasteiger partial charge on any atom is -0.497 e. The molecule has 7 heteroatoms. The molecular formula is C24H28N2O4S. The van der Waals surface area contributed by atoms with Crippen LogP contribution >= 0.6 is 12.2 Å². The molecule has 164 valence electrons. The molecule has 1 fully saturated rings. The Morgan fingerprint density at radius 3 is 2.48 bits per heavy atom. The minimum atomic E-state index is -0.676. The van der Waals surface area contributed by atoms with Crippen LogP contribution in [0.25, 0.3) is 0 Å². The van der Waals surface area contributed by atoms with Crippen molar-refractivity contribution in [3.05, 3.63) is 53.1 Å². The van der Waals surface area contributed by atoms with Crippen molar-refractivity contribution in [1.29, 1.82) is 0 Å². The Labute approximate surface area is 188 Å². The standard InChI is InChI=1S/C24H28N2O4S/c1-14-10-18(29-15(2)27)11-20-21(14)19(16-6-8-17(28-5)9-7-16)12-24(30-20)13-23(3,4)25-22(31)26-24/h6-11,19H,12-13H2,1-5H3,(H2,25,26,31). The monoisotopic (exact) mass is 440 g/mol. The van der Waals surface area contributed by atoms with Gasteiger partial charge in [-0.05, 0) is 62.3 Å². The molecule has 2 atom stereocenters. The molecule has 2 aromatic rings. The number of hydrogen-bond donors (Lipinski definition) is 2. The van der Waals surface area contributed by atoms with Crippen LogP contribution in [0.4, 0.5) is 0 Å². The molecule has 0 bridgehead atoms. The third-order valence-electron chi connectivity index (χ3n) is 5.81. The zero-order chi connectivity index (χ0) is 22.4. The fourth-order valence-corrected chi connectivity index (χ4v) is 5.29. The highest BCUT2D eigenvalue weighted by Gasteiger charge is 2.49. The van der Waals surface area contributed by atoms with Gasteiger partial charge in [-0.1, -0.05) is 12.1 Å². The predicted octanol–water partition coefficient (Wildman–Crippen LogP) is 4.19. The lowest BCUT2D eigenvalue weighted by Gasteiger charge is -2.50. The van der Waals surface area contributed by atoms with Gasteiger partial charge in [0.05, 0.1) is 7.11 Å². The van der Waals surface area contributed by atoms with Crippen LogP contribution in [0.5, 0.6) is 17.2 Å². The summed E-state index contributed by atoms with van der Waals surface area (Å²) in [6.07, 6.45) is 1.43. The highest BCUT2D eigenvalue weighted by Crippen LogP contribution is 2.49. The topological polar surface area (TPSA) is 68.8 Å². The highest BCUT2D eigenvalue weighted by atomic mass is 32.1. The molecule has 0 aliphatic carbocycles. The van der Waals surface area contributed by atoms with Crippen LogP contribution in [-0.2, 0) is 4.79 Å². The maximum absolute atomic E-state index is 11.5. The maximum Gasteiger partial charge on any atom is 0.308 e. The minimum absolute atomic E-state index is 0.0743. The quantitative estimate of drug-likeness (QED) is 0.421. The van der Waals surface area contributed by atoms with Gasteiger partial charge in [0.25, 0.3) is 0 Å². The number of hydrogen-bond acceptors (Lipinski definition) is 5. The van der Waals surface area contributed by atoms with Gasteiger partial charge in [-0.25, -0.2) is 0 Å². The second kappa shape index (κ2) is 7.71. The second-order valence-corrected chi connectivity index (χ2v) is 9.42. The van der Waals surface area contributed by atoms with Gasteiger partial charge in [0, 0.05) is 42.9 Å². The van der Waals surface area contributed by atoms with Gasteiger partial charge in [0.1, 0.15) is 17.2 Å². The molecule has 2 aliphatic heterocycles. The second-order valence-electron chi connectivity index (χ2n) is 9.01. The van der Waals surface area contributed by atoms with Gasteiger partial charge >= 0.3 is 5.97 Å². The van der Waals surface area contributed by atoms with Crippen molar-refractivity contribution < 1.29 is 19.0 Å². The van der Waals surface area contributed by atoms with E-state index < -0.39 is 5.72 Å². The largest absolute Gasteiger partial charge is 0.497 e. The van der Waals surface area contributed by atoms with Gasteiger partial charge in [-0.15, -0.1) is 0 Å². The molecular weight excluding hydrogens is 412 g/mol. The zero-order valence-electron chi connectivity index (χ0n) is 18.5. The van der Waals surface area contributed by atoms with Crippen LogP contribution in [-0.4, -0.2) is 29.5 Å². The van der Waals surface area contributed by atoms with E-state index in [9.17, 15) is 4.79 Å². The number of rotatable bonds is 3. The fourth-order valence-electron chi connectivity index (χ4n) is 4.83. The summed E-state index contributed by atoms with van der Waals surface area (Å²) in [7, 11) is 1.66. The SMILES string of the molecule is COc1ccc(C2CC3(CC(C)(C)NC(=S)N3)Oc3cc(OC(C)=O)cc(C)c32)cc1. The van der Waals surface area contributed by atoms with Crippen molar-refractivity contribution >= 4 is 23.3 Å². The molecule has 31 heavy (non-hydrogen) atoms. The van der Waals surface area contributed by atoms with Crippen molar-refractivity contribution in [2.75, 3.05) is 7.11 Å². The van der Waals surface area contributed by atoms with Crippen LogP contribution in [0, 0.1) is 6.92 Å². The number of nitrogens with one attached hydrogen (secondary N) is 2. The predicted molar refractivity (Wildman–Crippen MR) is 123 cm³/mol. The molecule has 4 rings (SSSR count). The van der Waals surface area contributed by atoms with Gasteiger partial charge in [0.15, 0.2) is 10.8 Å². The molecule has 2 N–H and O–H groups in total. The van der Waals surface area contributed by atoms with E-state index in [-0.39, 0.29) is 17.4 Å². The van der Waals surface area contributed by atoms with Crippen molar-refractivity contribution in [1.82, 2.24) is 10.6 Å². The summed E-state index contributed by atoms with van der Waals surface area (Å²) in [5.74, 6) is 1.71. The number of esters is 1. The Hall–Kier alpha value is -2.80. The van der Waals surface area contributed by atoms with Gasteiger partial charge in [-0.3, -0.25) is 4.79 Å². The van der Waals surface area contributed by atoms with E-state index in [1.54, 1.807) is 13.2 Å². The number of methoxy groups -OCH3 is 1. The molecule has 2 aromatic carbocycles. The summed E-state index contributed by atoms with van der Waals surface area (Å²) in [6.45, 7) is 7.65. The van der Waals surface area contributed by atoms with Crippen molar-refractivity contribution in [2.24, 2.45) is 0 Å². The third-order valence-corrected chi connectivity index (χ3v) is 6.01. The third kappa shape index (κ3) is 4.32. The number of carbonyl (C=O) groups excluding carboxylic acids is 1. The van der Waals surface area contributed by atoms with Gasteiger partial charge in [-0.2, -0.15) is 0 Å². The summed E-state index contributed by atoms with van der Waals surface area (Å²) in [5.41, 5.74) is 2.37. The Balaban J connectivity index is 1.84. The average molecular weight is 441 g/mol. The first-order chi connectivity index (χ1) is 14.6. The molecule has 0 saturated carbocycles. The van der Waals surface area contributed by atoms with E-state index in [1.165, 1.54) is 6.92 Å². The summed E-state index contributed by atoms with van der Waals surface area (Å²) in [4.78, 5) is 11.5. The fraction of sp³-hybridized carbons (Fsp3) is 0.417. The molecule has 2 heterocycles. The summed E-state index contributed by atoms with van der Waals surface area (Å²) in [5, 5.41) is 7.29. The van der Waals surface area contributed by atoms with Crippen LogP contribution in [0.15, 0.2) is 36.4 Å². The molecule has 0 aromatic heterocycles. The van der Waals surface area contributed by atoms with E-state index in [1.807, 2.05) is 25.1 Å². The summed E-state index contributed by atoms with van der Waals surface area (Å²) in [6, 6.07) is 11.8. The number of fused-ring (bicyclic) bond motifs is 1. The summed E-state index contributed by atoms with van der Waals surface area (Å²) >= 11 is 5.52. The van der Waals surface area contributed by atoms with Gasteiger partial charge < -0.3 is 24.8 Å². The molecule has 2 unspecified atom stereocenters. The van der Waals surface area contributed by atoms with Gasteiger partial charge in [0.2, 0.25) is 0 Å². The molecule has 1 spiro atoms. The van der Waals surface area contributed by atoms with E-state index in [4.69, 9.17) is 26.4 Å². The molecule has 2 aliphatic rings. The molecule has 0 amide bonds. The van der Waals surface area contributed by atoms with Crippen LogP contribution in [0.3, 0.4) is 0 Å². The number of thiocarbonyl (C=S) groups is 1. The van der Waals surface area contributed by atoms with Crippen LogP contribution in [0.1, 0.15) is 56.2 Å². The lowest BCUT2D eigenvalue weighted by atomic mass is 9.76. The van der Waals surface area contributed by atoms with Crippen LogP contribution in [0.2, 0.25) is 0 Å². The van der Waals surface area contributed by atoms with E-state index in [2.05, 4.69) is 36.6 Å². The Kier molecular flexibility index (Phi) is 5.33. The molecule has 1 saturated heterocycles. The normalized spacial score (nSPS) is 23.8. The highest BCUT2D eigenvalue weighted by molar-refractivity contribution is 7.80. The first-order valence-corrected chi connectivity index (χ1v) is 10.8. The molecule has 6 nitrogen and oxygen atoms in total. The molecule has 0 radical (unpaired) electrons. The lowest BCUT2D eigenvalue weighted by molar-refractivity contribution is -0.131. The Morgan fingerprint density at radius 1 is 1.16 bits per heavy atom. The lowest BCUT2D eigenvalue weighted by Crippen LogP contribution is -2.69. The van der Waals surface area contributed by atoms with E-state index in [0.717, 1.165) is 22.4 Å². The Bertz CT molecular complexity index is 1030. The number of benzene rings is 2. The van der Waals surface area contributed by atoms with Crippen molar-refractivity contribution in [3.63, 3.8) is 0 Å². The average Bonchev–Trinajstić information content (AvgIpc) is 2.64. The number of aryl methyl sites for hydroxylation is 1. The Morgan fingerprint density at radius 2 is 1.87 bits per heavy atom. The summed E-state index contributed by atoms with van der Waals surface area (Å²) < 4.78 is 17.3. The van der Waals surface area contributed by atoms with E-state index in [0.29, 0.717) is 29.5 Å². The first kappa shape index (κ1) is 21.4.